The third-order valence-corrected chi connectivity index (χ3v) is 4.66. The van der Waals surface area contributed by atoms with E-state index in [0.717, 1.165) is 28.0 Å². The third kappa shape index (κ3) is 2.26. The summed E-state index contributed by atoms with van der Waals surface area (Å²) in [5.74, 6) is 1.73. The van der Waals surface area contributed by atoms with Crippen LogP contribution in [0.4, 0.5) is 0 Å². The molecule has 25 heavy (non-hydrogen) atoms. The highest BCUT2D eigenvalue weighted by Gasteiger charge is 2.19. The van der Waals surface area contributed by atoms with Gasteiger partial charge in [-0.1, -0.05) is 60.7 Å². The zero-order chi connectivity index (χ0) is 16.6. The van der Waals surface area contributed by atoms with Crippen molar-refractivity contribution in [2.75, 3.05) is 6.61 Å². The monoisotopic (exact) mass is 324 g/mol. The van der Waals surface area contributed by atoms with Gasteiger partial charge in [0.25, 0.3) is 0 Å². The fourth-order valence-corrected chi connectivity index (χ4v) is 3.54. The highest BCUT2D eigenvalue weighted by Crippen LogP contribution is 2.45. The second-order valence-corrected chi connectivity index (χ2v) is 6.12. The van der Waals surface area contributed by atoms with E-state index in [2.05, 4.69) is 66.7 Å². The summed E-state index contributed by atoms with van der Waals surface area (Å²) in [4.78, 5) is 0. The van der Waals surface area contributed by atoms with Crippen molar-refractivity contribution in [2.24, 2.45) is 0 Å². The normalized spacial score (nSPS) is 14.4. The van der Waals surface area contributed by atoms with Crippen molar-refractivity contribution in [2.45, 2.75) is 0 Å². The number of hydrogen-bond donors (Lipinski definition) is 0. The highest BCUT2D eigenvalue weighted by molar-refractivity contribution is 6.09. The number of rotatable bonds is 0. The second-order valence-electron chi connectivity index (χ2n) is 6.12. The molecule has 0 fully saturated rings. The minimum atomic E-state index is 0.483. The van der Waals surface area contributed by atoms with Gasteiger partial charge in [-0.2, -0.15) is 0 Å². The van der Waals surface area contributed by atoms with Crippen LogP contribution in [0.2, 0.25) is 0 Å². The lowest BCUT2D eigenvalue weighted by Crippen LogP contribution is -1.96. The Morgan fingerprint density at radius 1 is 0.600 bits per heavy atom. The van der Waals surface area contributed by atoms with Gasteiger partial charge in [-0.3, -0.25) is 0 Å². The minimum absolute atomic E-state index is 0.483. The van der Waals surface area contributed by atoms with E-state index in [4.69, 9.17) is 9.47 Å². The van der Waals surface area contributed by atoms with Crippen LogP contribution >= 0.6 is 0 Å². The topological polar surface area (TPSA) is 18.5 Å². The van der Waals surface area contributed by atoms with E-state index in [0.29, 0.717) is 6.61 Å². The molecule has 0 unspecified atom stereocenters. The SMILES string of the molecule is C1=C\Oc2ccc3ccccc3c2-c2c(ccc3ccccc23)OC/1. The summed E-state index contributed by atoms with van der Waals surface area (Å²) in [6.07, 6.45) is 3.60. The van der Waals surface area contributed by atoms with Gasteiger partial charge in [-0.25, -0.2) is 0 Å². The number of ether oxygens (including phenoxy) is 2. The maximum absolute atomic E-state index is 6.06. The van der Waals surface area contributed by atoms with Crippen LogP contribution in [0.25, 0.3) is 32.7 Å². The van der Waals surface area contributed by atoms with Crippen LogP contribution in [-0.2, 0) is 0 Å². The van der Waals surface area contributed by atoms with Crippen molar-refractivity contribution in [3.63, 3.8) is 0 Å². The Hall–Kier alpha value is -3.26. The predicted molar refractivity (Wildman–Crippen MR) is 102 cm³/mol. The number of hydrogen-bond acceptors (Lipinski definition) is 2. The van der Waals surface area contributed by atoms with Gasteiger partial charge < -0.3 is 9.47 Å². The maximum Gasteiger partial charge on any atom is 0.135 e. The molecule has 4 aromatic carbocycles. The summed E-state index contributed by atoms with van der Waals surface area (Å²) < 4.78 is 12.0. The molecule has 0 radical (unpaired) electrons. The van der Waals surface area contributed by atoms with Crippen molar-refractivity contribution >= 4 is 21.5 Å². The summed E-state index contributed by atoms with van der Waals surface area (Å²) in [5, 5.41) is 4.71. The first-order valence-corrected chi connectivity index (χ1v) is 8.40. The van der Waals surface area contributed by atoms with Gasteiger partial charge in [0, 0.05) is 11.1 Å². The van der Waals surface area contributed by atoms with E-state index in [1.165, 1.54) is 16.2 Å². The predicted octanol–water partition coefficient (Wildman–Crippen LogP) is 5.94. The molecule has 0 saturated carbocycles. The minimum Gasteiger partial charge on any atom is -0.489 e. The van der Waals surface area contributed by atoms with E-state index >= 15 is 0 Å². The lowest BCUT2D eigenvalue weighted by atomic mass is 9.92. The third-order valence-electron chi connectivity index (χ3n) is 4.66. The van der Waals surface area contributed by atoms with Crippen LogP contribution in [0.5, 0.6) is 11.5 Å². The van der Waals surface area contributed by atoms with Crippen LogP contribution in [-0.4, -0.2) is 6.61 Å². The molecule has 0 amide bonds. The van der Waals surface area contributed by atoms with E-state index in [-0.39, 0.29) is 0 Å². The van der Waals surface area contributed by atoms with Crippen LogP contribution in [0, 0.1) is 0 Å². The van der Waals surface area contributed by atoms with E-state index < -0.39 is 0 Å². The Bertz CT molecular complexity index is 1130. The van der Waals surface area contributed by atoms with Crippen molar-refractivity contribution < 1.29 is 9.47 Å². The van der Waals surface area contributed by atoms with Crippen LogP contribution in [0.15, 0.2) is 85.1 Å². The lowest BCUT2D eigenvalue weighted by Gasteiger charge is -2.17. The molecule has 0 spiro atoms. The van der Waals surface area contributed by atoms with Crippen LogP contribution in [0.3, 0.4) is 0 Å². The molecule has 0 aromatic heterocycles. The summed E-state index contributed by atoms with van der Waals surface area (Å²) in [6.45, 7) is 0.483. The van der Waals surface area contributed by atoms with Gasteiger partial charge in [0.15, 0.2) is 0 Å². The molecule has 2 heteroatoms. The van der Waals surface area contributed by atoms with Crippen molar-refractivity contribution in [1.82, 2.24) is 0 Å². The molecule has 2 nitrogen and oxygen atoms in total. The Morgan fingerprint density at radius 3 is 1.92 bits per heavy atom. The molecular weight excluding hydrogens is 308 g/mol. The van der Waals surface area contributed by atoms with Gasteiger partial charge in [-0.15, -0.1) is 0 Å². The number of benzene rings is 4. The Morgan fingerprint density at radius 2 is 1.20 bits per heavy atom. The van der Waals surface area contributed by atoms with Gasteiger partial charge in [0.1, 0.15) is 18.1 Å². The van der Waals surface area contributed by atoms with Crippen LogP contribution < -0.4 is 9.47 Å². The van der Waals surface area contributed by atoms with Gasteiger partial charge in [0.05, 0.1) is 6.26 Å². The molecule has 4 aromatic rings. The molecular formula is C23H16O2. The molecule has 0 atom stereocenters. The molecule has 1 heterocycles. The first-order valence-electron chi connectivity index (χ1n) is 8.40. The summed E-state index contributed by atoms with van der Waals surface area (Å²) in [6, 6.07) is 25.1. The molecule has 0 aliphatic carbocycles. The van der Waals surface area contributed by atoms with Gasteiger partial charge in [-0.05, 0) is 39.8 Å². The van der Waals surface area contributed by atoms with E-state index in [1.807, 2.05) is 12.1 Å². The molecule has 120 valence electrons. The number of fused-ring (bicyclic) bond motifs is 7. The largest absolute Gasteiger partial charge is 0.489 e. The zero-order valence-electron chi connectivity index (χ0n) is 13.6. The van der Waals surface area contributed by atoms with Crippen LogP contribution in [0.1, 0.15) is 0 Å². The Kier molecular flexibility index (Phi) is 3.20. The Balaban J connectivity index is 1.98. The van der Waals surface area contributed by atoms with E-state index in [1.54, 1.807) is 6.26 Å². The lowest BCUT2D eigenvalue weighted by molar-refractivity contribution is 0.361. The smallest absolute Gasteiger partial charge is 0.135 e. The first kappa shape index (κ1) is 14.1. The average Bonchev–Trinajstić information content (AvgIpc) is 2.76. The fourth-order valence-electron chi connectivity index (χ4n) is 3.54. The second kappa shape index (κ2) is 5.67. The Labute approximate surface area is 145 Å². The standard InChI is InChI=1S/C23H16O2/c1-3-8-18-16(6-1)10-12-20-22(18)23-19-9-4-2-7-17(19)11-13-21(23)25-15-5-14-24-20/h1-14H,15H2/b14-5-. The molecule has 1 aliphatic rings. The summed E-state index contributed by atoms with van der Waals surface area (Å²) in [5.41, 5.74) is 2.17. The molecule has 5 rings (SSSR count). The zero-order valence-corrected chi connectivity index (χ0v) is 13.6. The highest BCUT2D eigenvalue weighted by atomic mass is 16.5. The molecule has 1 aliphatic heterocycles. The van der Waals surface area contributed by atoms with Gasteiger partial charge >= 0.3 is 0 Å². The quantitative estimate of drug-likeness (QED) is 0.398. The molecule has 0 saturated heterocycles. The summed E-state index contributed by atoms with van der Waals surface area (Å²) >= 11 is 0. The van der Waals surface area contributed by atoms with Crippen molar-refractivity contribution in [1.29, 1.82) is 0 Å². The maximum atomic E-state index is 6.06. The fraction of sp³-hybridized carbons (Fsp3) is 0.0435. The molecule has 0 N–H and O–H groups in total. The van der Waals surface area contributed by atoms with Crippen molar-refractivity contribution in [3.05, 3.63) is 85.1 Å². The van der Waals surface area contributed by atoms with Crippen molar-refractivity contribution in [3.8, 4) is 22.6 Å². The molecule has 0 bridgehead atoms. The summed E-state index contributed by atoms with van der Waals surface area (Å²) in [7, 11) is 0. The van der Waals surface area contributed by atoms with Gasteiger partial charge in [0.2, 0.25) is 0 Å². The average molecular weight is 324 g/mol. The van der Waals surface area contributed by atoms with E-state index in [9.17, 15) is 0 Å². The first-order chi connectivity index (χ1) is 12.4.